The lowest BCUT2D eigenvalue weighted by Gasteiger charge is -2.21. The van der Waals surface area contributed by atoms with E-state index in [2.05, 4.69) is 4.18 Å². The van der Waals surface area contributed by atoms with Crippen LogP contribution in [0.3, 0.4) is 0 Å². The monoisotopic (exact) mass is 272 g/mol. The number of ether oxygens (including phenoxy) is 1. The summed E-state index contributed by atoms with van der Waals surface area (Å²) in [6.45, 7) is 5.03. The molecule has 0 aromatic heterocycles. The minimum Gasteiger partial charge on any atom is -0.465 e. The fraction of sp³-hybridized carbons (Fsp3) is 0.889. The van der Waals surface area contributed by atoms with Gasteiger partial charge in [0.05, 0.1) is 18.6 Å². The zero-order chi connectivity index (χ0) is 12.8. The topological polar surface area (TPSA) is 69.7 Å². The van der Waals surface area contributed by atoms with E-state index < -0.39 is 20.7 Å². The van der Waals surface area contributed by atoms with Crippen molar-refractivity contribution < 1.29 is 22.1 Å². The summed E-state index contributed by atoms with van der Waals surface area (Å²) in [4.78, 5) is 11.5. The van der Waals surface area contributed by atoms with Gasteiger partial charge in [-0.3, -0.25) is 8.98 Å². The average molecular weight is 273 g/mol. The lowest BCUT2D eigenvalue weighted by Crippen LogP contribution is -2.32. The summed E-state index contributed by atoms with van der Waals surface area (Å²) in [5.74, 6) is -0.499. The zero-order valence-electron chi connectivity index (χ0n) is 9.66. The van der Waals surface area contributed by atoms with E-state index in [0.717, 1.165) is 12.8 Å². The first-order valence-electron chi connectivity index (χ1n) is 4.95. The second-order valence-electron chi connectivity index (χ2n) is 4.03. The predicted octanol–water partition coefficient (Wildman–Crippen LogP) is 1.86. The molecule has 0 aromatic carbocycles. The summed E-state index contributed by atoms with van der Waals surface area (Å²) in [7, 11) is 0.817. The highest BCUT2D eigenvalue weighted by molar-refractivity contribution is 8.09. The van der Waals surface area contributed by atoms with Gasteiger partial charge < -0.3 is 4.74 Å². The molecule has 0 atom stereocenters. The third-order valence-electron chi connectivity index (χ3n) is 1.84. The fourth-order valence-corrected chi connectivity index (χ4v) is 1.35. The molecule has 5 nitrogen and oxygen atoms in total. The van der Waals surface area contributed by atoms with Gasteiger partial charge in [-0.2, -0.15) is 8.42 Å². The van der Waals surface area contributed by atoms with Crippen LogP contribution in [0.2, 0.25) is 0 Å². The first-order valence-corrected chi connectivity index (χ1v) is 7.18. The maximum Gasteiger partial charge on any atom is 0.355 e. The Morgan fingerprint density at radius 2 is 1.94 bits per heavy atom. The average Bonchev–Trinajstić information content (AvgIpc) is 2.14. The number of unbranched alkanes of at least 4 members (excludes halogenated alkanes) is 1. The summed E-state index contributed by atoms with van der Waals surface area (Å²) in [5.41, 5.74) is -1.03. The van der Waals surface area contributed by atoms with Crippen molar-refractivity contribution in [3.8, 4) is 0 Å². The van der Waals surface area contributed by atoms with E-state index >= 15 is 0 Å². The summed E-state index contributed by atoms with van der Waals surface area (Å²) in [6, 6.07) is 0. The van der Waals surface area contributed by atoms with Crippen molar-refractivity contribution in [1.29, 1.82) is 0 Å². The molecule has 0 rings (SSSR count). The normalized spacial score (nSPS) is 12.5. The van der Waals surface area contributed by atoms with E-state index in [1.165, 1.54) is 13.8 Å². The molecule has 96 valence electrons. The van der Waals surface area contributed by atoms with E-state index in [4.69, 9.17) is 15.4 Å². The van der Waals surface area contributed by atoms with Crippen LogP contribution in [0.15, 0.2) is 0 Å². The molecule has 0 spiro atoms. The Labute approximate surface area is 101 Å². The molecule has 0 saturated heterocycles. The first-order chi connectivity index (χ1) is 7.19. The number of esters is 1. The van der Waals surface area contributed by atoms with Crippen molar-refractivity contribution >= 4 is 26.0 Å². The Hall–Kier alpha value is -0.330. The van der Waals surface area contributed by atoms with Crippen molar-refractivity contribution in [3.63, 3.8) is 0 Å². The summed E-state index contributed by atoms with van der Waals surface area (Å²) in [5, 5.41) is 0. The summed E-state index contributed by atoms with van der Waals surface area (Å²) in [6.07, 6.45) is 1.69. The smallest absolute Gasteiger partial charge is 0.355 e. The van der Waals surface area contributed by atoms with Gasteiger partial charge >= 0.3 is 15.3 Å². The van der Waals surface area contributed by atoms with Gasteiger partial charge in [-0.15, -0.1) is 0 Å². The van der Waals surface area contributed by atoms with Crippen LogP contribution in [-0.2, 0) is 23.0 Å². The van der Waals surface area contributed by atoms with Crippen LogP contribution < -0.4 is 0 Å². The Morgan fingerprint density at radius 1 is 1.38 bits per heavy atom. The van der Waals surface area contributed by atoms with Crippen molar-refractivity contribution in [2.24, 2.45) is 5.41 Å². The van der Waals surface area contributed by atoms with Gasteiger partial charge in [0, 0.05) is 10.7 Å². The minimum atomic E-state index is -4.05. The number of halogens is 1. The van der Waals surface area contributed by atoms with Gasteiger partial charge in [0.25, 0.3) is 0 Å². The van der Waals surface area contributed by atoms with Crippen LogP contribution in [0.25, 0.3) is 0 Å². The highest BCUT2D eigenvalue weighted by Gasteiger charge is 2.31. The highest BCUT2D eigenvalue weighted by atomic mass is 35.7. The minimum absolute atomic E-state index is 0.326. The molecular weight excluding hydrogens is 256 g/mol. The van der Waals surface area contributed by atoms with E-state index in [0.29, 0.717) is 6.61 Å². The highest BCUT2D eigenvalue weighted by Crippen LogP contribution is 2.20. The van der Waals surface area contributed by atoms with E-state index in [-0.39, 0.29) is 6.61 Å². The summed E-state index contributed by atoms with van der Waals surface area (Å²) < 4.78 is 30.4. The first kappa shape index (κ1) is 15.7. The number of rotatable bonds is 7. The third kappa shape index (κ3) is 7.03. The molecule has 0 radical (unpaired) electrons. The Balaban J connectivity index is 4.15. The van der Waals surface area contributed by atoms with E-state index in [9.17, 15) is 13.2 Å². The quantitative estimate of drug-likeness (QED) is 0.402. The Bertz CT molecular complexity index is 323. The molecule has 0 aliphatic carbocycles. The van der Waals surface area contributed by atoms with Crippen molar-refractivity contribution in [2.45, 2.75) is 33.6 Å². The Kier molecular flexibility index (Phi) is 6.28. The lowest BCUT2D eigenvalue weighted by atomic mass is 9.95. The van der Waals surface area contributed by atoms with Crippen LogP contribution >= 0.6 is 10.7 Å². The van der Waals surface area contributed by atoms with Crippen LogP contribution in [0, 0.1) is 5.41 Å². The molecular formula is C9H17ClO5S. The second-order valence-corrected chi connectivity index (χ2v) is 6.18. The molecule has 0 aromatic rings. The second kappa shape index (κ2) is 6.42. The van der Waals surface area contributed by atoms with Crippen molar-refractivity contribution in [3.05, 3.63) is 0 Å². The molecule has 7 heteroatoms. The van der Waals surface area contributed by atoms with E-state index in [1.54, 1.807) is 0 Å². The van der Waals surface area contributed by atoms with Crippen LogP contribution in [0.5, 0.6) is 0 Å². The molecule has 0 N–H and O–H groups in total. The SMILES string of the molecule is CCCCOC(=O)C(C)(C)COS(=O)(=O)Cl. The maximum absolute atomic E-state index is 11.5. The number of carbonyl (C=O) groups is 1. The number of hydrogen-bond acceptors (Lipinski definition) is 5. The van der Waals surface area contributed by atoms with Gasteiger partial charge in [0.1, 0.15) is 0 Å². The largest absolute Gasteiger partial charge is 0.465 e. The lowest BCUT2D eigenvalue weighted by molar-refractivity contribution is -0.155. The van der Waals surface area contributed by atoms with Gasteiger partial charge in [-0.1, -0.05) is 13.3 Å². The molecule has 0 unspecified atom stereocenters. The van der Waals surface area contributed by atoms with Crippen molar-refractivity contribution in [1.82, 2.24) is 0 Å². The molecule has 0 bridgehead atoms. The summed E-state index contributed by atoms with van der Waals surface area (Å²) >= 11 is 0. The van der Waals surface area contributed by atoms with Gasteiger partial charge in [0.15, 0.2) is 0 Å². The van der Waals surface area contributed by atoms with Gasteiger partial charge in [0.2, 0.25) is 0 Å². The molecule has 0 amide bonds. The number of hydrogen-bond donors (Lipinski definition) is 0. The third-order valence-corrected chi connectivity index (χ3v) is 2.51. The molecule has 0 aliphatic rings. The van der Waals surface area contributed by atoms with Crippen LogP contribution in [-0.4, -0.2) is 27.6 Å². The van der Waals surface area contributed by atoms with Crippen LogP contribution in [0.4, 0.5) is 0 Å². The van der Waals surface area contributed by atoms with Crippen LogP contribution in [0.1, 0.15) is 33.6 Å². The maximum atomic E-state index is 11.5. The standard InChI is InChI=1S/C9H17ClO5S/c1-4-5-6-14-8(11)9(2,3)7-15-16(10,12)13/h4-7H2,1-3H3. The van der Waals surface area contributed by atoms with Gasteiger partial charge in [-0.25, -0.2) is 0 Å². The molecule has 0 saturated carbocycles. The molecule has 16 heavy (non-hydrogen) atoms. The molecule has 0 heterocycles. The Morgan fingerprint density at radius 3 is 2.38 bits per heavy atom. The predicted molar refractivity (Wildman–Crippen MR) is 60.4 cm³/mol. The fourth-order valence-electron chi connectivity index (χ4n) is 0.781. The number of carbonyl (C=O) groups excluding carboxylic acids is 1. The zero-order valence-corrected chi connectivity index (χ0v) is 11.2. The van der Waals surface area contributed by atoms with Gasteiger partial charge in [-0.05, 0) is 20.3 Å². The molecule has 0 fully saturated rings. The van der Waals surface area contributed by atoms with Crippen molar-refractivity contribution in [2.75, 3.05) is 13.2 Å². The van der Waals surface area contributed by atoms with E-state index in [1.807, 2.05) is 6.92 Å². The molecule has 0 aliphatic heterocycles.